The van der Waals surface area contributed by atoms with Crippen LogP contribution in [0.25, 0.3) is 22.2 Å². The fourth-order valence-corrected chi connectivity index (χ4v) is 4.31. The smallest absolute Gasteiger partial charge is 0.295 e. The van der Waals surface area contributed by atoms with Crippen molar-refractivity contribution in [1.29, 1.82) is 0 Å². The topological polar surface area (TPSA) is 112 Å². The molecule has 0 saturated carbocycles. The number of aromatic amines is 1. The van der Waals surface area contributed by atoms with Crippen LogP contribution in [0.2, 0.25) is 5.02 Å². The summed E-state index contributed by atoms with van der Waals surface area (Å²) in [4.78, 5) is 57.4. The van der Waals surface area contributed by atoms with Gasteiger partial charge in [0.15, 0.2) is 0 Å². The Morgan fingerprint density at radius 1 is 0.912 bits per heavy atom. The molecule has 3 aromatic heterocycles. The molecular formula is C24H19ClN6O3. The van der Waals surface area contributed by atoms with E-state index in [9.17, 15) is 14.4 Å². The summed E-state index contributed by atoms with van der Waals surface area (Å²) < 4.78 is 0. The molecule has 0 aliphatic carbocycles. The fraction of sp³-hybridized carbons (Fsp3) is 0.167. The van der Waals surface area contributed by atoms with E-state index in [-0.39, 0.29) is 29.6 Å². The molecule has 1 N–H and O–H groups in total. The average molecular weight is 475 g/mol. The Kier molecular flexibility index (Phi) is 5.77. The van der Waals surface area contributed by atoms with Gasteiger partial charge >= 0.3 is 0 Å². The molecule has 9 nitrogen and oxygen atoms in total. The summed E-state index contributed by atoms with van der Waals surface area (Å²) in [5.74, 6) is -1.39. The van der Waals surface area contributed by atoms with Crippen molar-refractivity contribution in [2.45, 2.75) is 0 Å². The highest BCUT2D eigenvalue weighted by molar-refractivity contribution is 6.47. The number of benzene rings is 1. The average Bonchev–Trinajstić information content (AvgIpc) is 3.35. The molecule has 0 bridgehead atoms. The van der Waals surface area contributed by atoms with Crippen LogP contribution >= 0.6 is 11.6 Å². The molecule has 1 saturated heterocycles. The van der Waals surface area contributed by atoms with Crippen LogP contribution in [-0.2, 0) is 4.79 Å². The Labute approximate surface area is 199 Å². The summed E-state index contributed by atoms with van der Waals surface area (Å²) in [6, 6.07) is 8.99. The van der Waals surface area contributed by atoms with Gasteiger partial charge in [0.2, 0.25) is 0 Å². The van der Waals surface area contributed by atoms with E-state index >= 15 is 0 Å². The van der Waals surface area contributed by atoms with Gasteiger partial charge in [-0.15, -0.1) is 0 Å². The largest absolute Gasteiger partial charge is 0.359 e. The minimum atomic E-state index is -0.669. The molecule has 0 spiro atoms. The molecule has 1 aliphatic rings. The van der Waals surface area contributed by atoms with Gasteiger partial charge in [0.05, 0.1) is 21.8 Å². The first-order valence-corrected chi connectivity index (χ1v) is 11.0. The van der Waals surface area contributed by atoms with Gasteiger partial charge in [-0.25, -0.2) is 9.97 Å². The highest BCUT2D eigenvalue weighted by Crippen LogP contribution is 2.32. The minimum Gasteiger partial charge on any atom is -0.359 e. The zero-order valence-electron chi connectivity index (χ0n) is 17.9. The van der Waals surface area contributed by atoms with Crippen LogP contribution in [0.1, 0.15) is 20.7 Å². The fourth-order valence-electron chi connectivity index (χ4n) is 4.06. The Balaban J connectivity index is 1.35. The number of H-pyrrole nitrogens is 1. The quantitative estimate of drug-likeness (QED) is 0.359. The summed E-state index contributed by atoms with van der Waals surface area (Å²) in [5, 5.41) is 0.679. The zero-order chi connectivity index (χ0) is 23.7. The Bertz CT molecular complexity index is 1380. The van der Waals surface area contributed by atoms with Crippen molar-refractivity contribution in [3.8, 4) is 11.3 Å². The summed E-state index contributed by atoms with van der Waals surface area (Å²) in [7, 11) is 0. The molecule has 1 aromatic carbocycles. The number of carbonyl (C=O) groups excluding carboxylic acids is 3. The third kappa shape index (κ3) is 3.90. The van der Waals surface area contributed by atoms with E-state index < -0.39 is 11.7 Å². The highest BCUT2D eigenvalue weighted by atomic mass is 35.5. The molecule has 1 aliphatic heterocycles. The van der Waals surface area contributed by atoms with Crippen molar-refractivity contribution >= 4 is 40.1 Å². The maximum Gasteiger partial charge on any atom is 0.295 e. The maximum atomic E-state index is 13.2. The molecule has 4 aromatic rings. The van der Waals surface area contributed by atoms with Crippen LogP contribution in [0, 0.1) is 0 Å². The molecule has 4 heterocycles. The Hall–Kier alpha value is -4.11. The molecule has 0 radical (unpaired) electrons. The van der Waals surface area contributed by atoms with Gasteiger partial charge in [-0.2, -0.15) is 0 Å². The number of nitrogens with zero attached hydrogens (tertiary/aromatic N) is 5. The van der Waals surface area contributed by atoms with Crippen molar-refractivity contribution in [3.63, 3.8) is 0 Å². The standard InChI is InChI=1S/C24H19ClN6O3/c25-18-13-29-20(16-10-26-14-27-11-16)21-19(18)17(12-28-21)22(32)24(34)31-8-6-30(7-9-31)23(33)15-4-2-1-3-5-15/h1-5,10-14,28H,6-9H2. The summed E-state index contributed by atoms with van der Waals surface area (Å²) >= 11 is 6.37. The summed E-state index contributed by atoms with van der Waals surface area (Å²) in [5.41, 5.74) is 2.47. The predicted octanol–water partition coefficient (Wildman–Crippen LogP) is 2.84. The van der Waals surface area contributed by atoms with E-state index in [0.29, 0.717) is 40.8 Å². The van der Waals surface area contributed by atoms with Gasteiger partial charge in [-0.3, -0.25) is 19.4 Å². The zero-order valence-corrected chi connectivity index (χ0v) is 18.7. The lowest BCUT2D eigenvalue weighted by Gasteiger charge is -2.34. The molecule has 0 unspecified atom stereocenters. The lowest BCUT2D eigenvalue weighted by Crippen LogP contribution is -2.52. The van der Waals surface area contributed by atoms with Crippen LogP contribution in [0.5, 0.6) is 0 Å². The number of halogens is 1. The second-order valence-corrected chi connectivity index (χ2v) is 8.22. The van der Waals surface area contributed by atoms with E-state index in [1.807, 2.05) is 18.2 Å². The first-order chi connectivity index (χ1) is 16.5. The van der Waals surface area contributed by atoms with E-state index in [1.165, 1.54) is 23.6 Å². The Morgan fingerprint density at radius 2 is 1.59 bits per heavy atom. The van der Waals surface area contributed by atoms with Crippen molar-refractivity contribution < 1.29 is 14.4 Å². The van der Waals surface area contributed by atoms with Crippen molar-refractivity contribution in [1.82, 2.24) is 29.7 Å². The lowest BCUT2D eigenvalue weighted by molar-refractivity contribution is -0.127. The number of amides is 2. The lowest BCUT2D eigenvalue weighted by atomic mass is 10.1. The number of aromatic nitrogens is 4. The second-order valence-electron chi connectivity index (χ2n) is 7.81. The van der Waals surface area contributed by atoms with Gasteiger partial charge < -0.3 is 14.8 Å². The maximum absolute atomic E-state index is 13.2. The van der Waals surface area contributed by atoms with Crippen LogP contribution in [0.4, 0.5) is 0 Å². The molecule has 170 valence electrons. The molecule has 0 atom stereocenters. The normalized spacial score (nSPS) is 13.8. The van der Waals surface area contributed by atoms with Gasteiger partial charge in [0.25, 0.3) is 17.6 Å². The number of carbonyl (C=O) groups is 3. The van der Waals surface area contributed by atoms with Crippen molar-refractivity contribution in [2.24, 2.45) is 0 Å². The number of rotatable bonds is 4. The van der Waals surface area contributed by atoms with Gasteiger partial charge in [0, 0.05) is 67.5 Å². The number of hydrogen-bond donors (Lipinski definition) is 1. The third-order valence-electron chi connectivity index (χ3n) is 5.81. The van der Waals surface area contributed by atoms with E-state index in [2.05, 4.69) is 19.9 Å². The molecule has 10 heteroatoms. The number of pyridine rings is 1. The van der Waals surface area contributed by atoms with Gasteiger partial charge in [-0.1, -0.05) is 29.8 Å². The molecule has 1 fully saturated rings. The van der Waals surface area contributed by atoms with Gasteiger partial charge in [0.1, 0.15) is 6.33 Å². The van der Waals surface area contributed by atoms with Crippen LogP contribution in [0.15, 0.2) is 61.4 Å². The van der Waals surface area contributed by atoms with Gasteiger partial charge in [-0.05, 0) is 12.1 Å². The monoisotopic (exact) mass is 474 g/mol. The van der Waals surface area contributed by atoms with E-state index in [0.717, 1.165) is 0 Å². The molecule has 2 amide bonds. The second kappa shape index (κ2) is 9.03. The third-order valence-corrected chi connectivity index (χ3v) is 6.10. The Morgan fingerprint density at radius 3 is 2.29 bits per heavy atom. The van der Waals surface area contributed by atoms with E-state index in [4.69, 9.17) is 11.6 Å². The first kappa shape index (κ1) is 21.7. The summed E-state index contributed by atoms with van der Waals surface area (Å²) in [6.07, 6.45) is 7.53. The number of piperazine rings is 1. The molecular weight excluding hydrogens is 456 g/mol. The van der Waals surface area contributed by atoms with Crippen molar-refractivity contribution in [3.05, 3.63) is 77.6 Å². The predicted molar refractivity (Wildman–Crippen MR) is 125 cm³/mol. The number of ketones is 1. The summed E-state index contributed by atoms with van der Waals surface area (Å²) in [6.45, 7) is 1.24. The van der Waals surface area contributed by atoms with Crippen LogP contribution in [-0.4, -0.2) is 73.5 Å². The number of hydrogen-bond acceptors (Lipinski definition) is 6. The first-order valence-electron chi connectivity index (χ1n) is 10.6. The number of fused-ring (bicyclic) bond motifs is 1. The molecule has 5 rings (SSSR count). The number of nitrogens with one attached hydrogen (secondary N) is 1. The van der Waals surface area contributed by atoms with E-state index in [1.54, 1.807) is 29.4 Å². The highest BCUT2D eigenvalue weighted by Gasteiger charge is 2.31. The van der Waals surface area contributed by atoms with Crippen molar-refractivity contribution in [2.75, 3.05) is 26.2 Å². The van der Waals surface area contributed by atoms with Crippen LogP contribution in [0.3, 0.4) is 0 Å². The number of Topliss-reactive ketones (excluding diaryl/α,β-unsaturated/α-hetero) is 1. The minimum absolute atomic E-state index is 0.0904. The SMILES string of the molecule is O=C(C(=O)N1CCN(C(=O)c2ccccc2)CC1)c1c[nH]c2c(-c3cncnc3)ncc(Cl)c12. The van der Waals surface area contributed by atoms with Crippen LogP contribution < -0.4 is 0 Å². The molecule has 34 heavy (non-hydrogen) atoms.